The van der Waals surface area contributed by atoms with Gasteiger partial charge in [0.05, 0.1) is 11.7 Å². The molecule has 0 saturated carbocycles. The molecule has 1 atom stereocenters. The maximum Gasteiger partial charge on any atom is 0.237 e. The van der Waals surface area contributed by atoms with Crippen molar-refractivity contribution in [1.82, 2.24) is 20.2 Å². The lowest BCUT2D eigenvalue weighted by Crippen LogP contribution is -2.43. The summed E-state index contributed by atoms with van der Waals surface area (Å²) in [6.45, 7) is 2.39. The molecule has 2 aliphatic heterocycles. The molecule has 5 nitrogen and oxygen atoms in total. The predicted octanol–water partition coefficient (Wildman–Crippen LogP) is 0.461. The third-order valence-corrected chi connectivity index (χ3v) is 3.55. The summed E-state index contributed by atoms with van der Waals surface area (Å²) in [7, 11) is 0. The highest BCUT2D eigenvalue weighted by atomic mass is 16.2. The minimum Gasteiger partial charge on any atom is -0.355 e. The van der Waals surface area contributed by atoms with Crippen LogP contribution in [0.3, 0.4) is 0 Å². The van der Waals surface area contributed by atoms with Gasteiger partial charge in [0.1, 0.15) is 6.33 Å². The maximum absolute atomic E-state index is 12.0. The topological polar surface area (TPSA) is 58.1 Å². The Morgan fingerprint density at radius 3 is 3.18 bits per heavy atom. The Hall–Kier alpha value is -1.49. The molecule has 17 heavy (non-hydrogen) atoms. The Bertz CT molecular complexity index is 409. The molecular formula is C12H16N4O. The molecule has 0 bridgehead atoms. The molecule has 1 fully saturated rings. The minimum absolute atomic E-state index is 0.00620. The number of nitrogens with zero attached hydrogens (tertiary/aromatic N) is 3. The smallest absolute Gasteiger partial charge is 0.237 e. The molecule has 5 heteroatoms. The number of fused-ring (bicyclic) bond motifs is 1. The van der Waals surface area contributed by atoms with E-state index < -0.39 is 0 Å². The number of carbonyl (C=O) groups is 1. The number of hydrogen-bond donors (Lipinski definition) is 1. The van der Waals surface area contributed by atoms with Crippen LogP contribution in [-0.2, 0) is 17.9 Å². The summed E-state index contributed by atoms with van der Waals surface area (Å²) >= 11 is 0. The molecule has 0 spiro atoms. The first-order chi connectivity index (χ1) is 8.34. The van der Waals surface area contributed by atoms with E-state index in [0.717, 1.165) is 50.2 Å². The second-order valence-electron chi connectivity index (χ2n) is 4.70. The maximum atomic E-state index is 12.0. The Morgan fingerprint density at radius 2 is 2.29 bits per heavy atom. The van der Waals surface area contributed by atoms with Gasteiger partial charge in [-0.05, 0) is 19.3 Å². The Balaban J connectivity index is 1.76. The van der Waals surface area contributed by atoms with Crippen molar-refractivity contribution < 1.29 is 4.79 Å². The first-order valence-corrected chi connectivity index (χ1v) is 6.14. The van der Waals surface area contributed by atoms with Gasteiger partial charge >= 0.3 is 0 Å². The highest BCUT2D eigenvalue weighted by Crippen LogP contribution is 2.24. The SMILES string of the molecule is O=C1NCCCCC1N1Cc2cncnc2C1. The van der Waals surface area contributed by atoms with E-state index in [9.17, 15) is 4.79 Å². The molecule has 0 aromatic carbocycles. The summed E-state index contributed by atoms with van der Waals surface area (Å²) in [4.78, 5) is 22.5. The zero-order valence-corrected chi connectivity index (χ0v) is 9.72. The molecule has 1 saturated heterocycles. The van der Waals surface area contributed by atoms with Crippen LogP contribution in [0.1, 0.15) is 30.5 Å². The van der Waals surface area contributed by atoms with E-state index in [-0.39, 0.29) is 11.9 Å². The van der Waals surface area contributed by atoms with Gasteiger partial charge < -0.3 is 5.32 Å². The van der Waals surface area contributed by atoms with Crippen molar-refractivity contribution in [3.63, 3.8) is 0 Å². The Labute approximate surface area is 100 Å². The lowest BCUT2D eigenvalue weighted by Gasteiger charge is -2.24. The number of carbonyl (C=O) groups excluding carboxylic acids is 1. The molecule has 3 heterocycles. The number of amides is 1. The van der Waals surface area contributed by atoms with Crippen molar-refractivity contribution in [2.75, 3.05) is 6.54 Å². The quantitative estimate of drug-likeness (QED) is 0.764. The zero-order chi connectivity index (χ0) is 11.7. The van der Waals surface area contributed by atoms with Crippen molar-refractivity contribution in [3.05, 3.63) is 23.8 Å². The molecule has 2 aliphatic rings. The van der Waals surface area contributed by atoms with E-state index in [1.807, 2.05) is 6.20 Å². The Morgan fingerprint density at radius 1 is 1.35 bits per heavy atom. The summed E-state index contributed by atoms with van der Waals surface area (Å²) in [6, 6.07) is 0.00620. The van der Waals surface area contributed by atoms with Crippen LogP contribution in [0.25, 0.3) is 0 Å². The second kappa shape index (κ2) is 4.41. The molecule has 1 N–H and O–H groups in total. The van der Waals surface area contributed by atoms with Crippen molar-refractivity contribution in [2.45, 2.75) is 38.4 Å². The van der Waals surface area contributed by atoms with Gasteiger partial charge in [0.15, 0.2) is 0 Å². The van der Waals surface area contributed by atoms with Crippen LogP contribution in [0.5, 0.6) is 0 Å². The van der Waals surface area contributed by atoms with Gasteiger partial charge in [0.25, 0.3) is 0 Å². The second-order valence-corrected chi connectivity index (χ2v) is 4.70. The molecule has 1 unspecified atom stereocenters. The standard InChI is InChI=1S/C12H16N4O/c17-12-11(3-1-2-4-14-12)16-6-9-5-13-8-15-10(9)7-16/h5,8,11H,1-4,6-7H2,(H,14,17). The Kier molecular flexibility index (Phi) is 2.76. The lowest BCUT2D eigenvalue weighted by atomic mass is 10.1. The van der Waals surface area contributed by atoms with Crippen LogP contribution in [-0.4, -0.2) is 33.4 Å². The van der Waals surface area contributed by atoms with Crippen LogP contribution in [0.15, 0.2) is 12.5 Å². The molecule has 90 valence electrons. The van der Waals surface area contributed by atoms with Gasteiger partial charge in [0, 0.05) is 31.4 Å². The van der Waals surface area contributed by atoms with Gasteiger partial charge in [-0.15, -0.1) is 0 Å². The zero-order valence-electron chi connectivity index (χ0n) is 9.72. The average molecular weight is 232 g/mol. The first kappa shape index (κ1) is 10.7. The summed E-state index contributed by atoms with van der Waals surface area (Å²) in [6.07, 6.45) is 6.59. The van der Waals surface area contributed by atoms with Crippen LogP contribution < -0.4 is 5.32 Å². The highest BCUT2D eigenvalue weighted by molar-refractivity contribution is 5.82. The summed E-state index contributed by atoms with van der Waals surface area (Å²) in [5.41, 5.74) is 2.22. The van der Waals surface area contributed by atoms with E-state index >= 15 is 0 Å². The normalized spacial score (nSPS) is 25.2. The van der Waals surface area contributed by atoms with Gasteiger partial charge in [-0.25, -0.2) is 9.97 Å². The molecule has 0 aliphatic carbocycles. The molecule has 1 amide bonds. The van der Waals surface area contributed by atoms with Crippen molar-refractivity contribution in [3.8, 4) is 0 Å². The van der Waals surface area contributed by atoms with Gasteiger partial charge in [-0.3, -0.25) is 9.69 Å². The fourth-order valence-electron chi connectivity index (χ4n) is 2.62. The number of aromatic nitrogens is 2. The monoisotopic (exact) mass is 232 g/mol. The number of nitrogens with one attached hydrogen (secondary N) is 1. The van der Waals surface area contributed by atoms with E-state index in [4.69, 9.17) is 0 Å². The van der Waals surface area contributed by atoms with Crippen LogP contribution in [0, 0.1) is 0 Å². The summed E-state index contributed by atoms with van der Waals surface area (Å²) < 4.78 is 0. The molecule has 3 rings (SSSR count). The van der Waals surface area contributed by atoms with E-state index in [1.54, 1.807) is 6.33 Å². The van der Waals surface area contributed by atoms with Crippen LogP contribution in [0.4, 0.5) is 0 Å². The molecular weight excluding hydrogens is 216 g/mol. The minimum atomic E-state index is 0.00620. The lowest BCUT2D eigenvalue weighted by molar-refractivity contribution is -0.126. The van der Waals surface area contributed by atoms with E-state index in [0.29, 0.717) is 0 Å². The summed E-state index contributed by atoms with van der Waals surface area (Å²) in [5, 5.41) is 2.98. The number of rotatable bonds is 1. The summed E-state index contributed by atoms with van der Waals surface area (Å²) in [5.74, 6) is 0.170. The molecule has 0 radical (unpaired) electrons. The van der Waals surface area contributed by atoms with Crippen molar-refractivity contribution in [2.24, 2.45) is 0 Å². The average Bonchev–Trinajstić information content (AvgIpc) is 2.65. The van der Waals surface area contributed by atoms with Gasteiger partial charge in [-0.2, -0.15) is 0 Å². The highest BCUT2D eigenvalue weighted by Gasteiger charge is 2.31. The molecule has 1 aromatic heterocycles. The third-order valence-electron chi connectivity index (χ3n) is 3.55. The fourth-order valence-corrected chi connectivity index (χ4v) is 2.62. The largest absolute Gasteiger partial charge is 0.355 e. The van der Waals surface area contributed by atoms with Crippen LogP contribution in [0.2, 0.25) is 0 Å². The van der Waals surface area contributed by atoms with E-state index in [2.05, 4.69) is 20.2 Å². The predicted molar refractivity (Wildman–Crippen MR) is 61.9 cm³/mol. The van der Waals surface area contributed by atoms with Gasteiger partial charge in [-0.1, -0.05) is 0 Å². The first-order valence-electron chi connectivity index (χ1n) is 6.14. The van der Waals surface area contributed by atoms with Gasteiger partial charge in [0.2, 0.25) is 5.91 Å². The third kappa shape index (κ3) is 2.02. The van der Waals surface area contributed by atoms with Crippen molar-refractivity contribution >= 4 is 5.91 Å². The fraction of sp³-hybridized carbons (Fsp3) is 0.583. The van der Waals surface area contributed by atoms with E-state index in [1.165, 1.54) is 0 Å². The van der Waals surface area contributed by atoms with Crippen LogP contribution >= 0.6 is 0 Å². The molecule has 1 aromatic rings. The van der Waals surface area contributed by atoms with Crippen molar-refractivity contribution in [1.29, 1.82) is 0 Å². The number of hydrogen-bond acceptors (Lipinski definition) is 4.